The van der Waals surface area contributed by atoms with E-state index in [2.05, 4.69) is 54.1 Å². The third kappa shape index (κ3) is 5.20. The molecule has 0 unspecified atom stereocenters. The zero-order valence-electron chi connectivity index (χ0n) is 19.4. The molecule has 0 atom stereocenters. The first-order valence-electron chi connectivity index (χ1n) is 11.2. The Hall–Kier alpha value is -2.91. The fourth-order valence-electron chi connectivity index (χ4n) is 4.39. The highest BCUT2D eigenvalue weighted by atomic mass is 32.2. The summed E-state index contributed by atoms with van der Waals surface area (Å²) >= 11 is 1.57. The van der Waals surface area contributed by atoms with Crippen LogP contribution < -0.4 is 4.90 Å². The highest BCUT2D eigenvalue weighted by Crippen LogP contribution is 2.29. The fraction of sp³-hybridized carbons (Fsp3) is 0.417. The molecule has 0 aliphatic carbocycles. The number of hydrogen-bond donors (Lipinski definition) is 1. The molecule has 9 heteroatoms. The average molecular weight is 463 g/mol. The van der Waals surface area contributed by atoms with E-state index in [1.54, 1.807) is 18.8 Å². The Bertz CT molecular complexity index is 1140. The standard InChI is InChI=1S/C24H30N8S/c1-26-21(8-12-25)22-19-6-4-5-7-20(19)23(30-29-22)32-14-10-18(11-15-32)31(2)16-17-9-13-27-24(28-17)33-3/h4-7,9,12-13,18,25H,8,10-11,14-16H2,1-3H3. The molecular formula is C24H30N8S. The van der Waals surface area contributed by atoms with Gasteiger partial charge in [0.25, 0.3) is 0 Å². The average Bonchev–Trinajstić information content (AvgIpc) is 2.87. The summed E-state index contributed by atoms with van der Waals surface area (Å²) in [6, 6.07) is 10.7. The molecule has 0 radical (unpaired) electrons. The van der Waals surface area contributed by atoms with Crippen molar-refractivity contribution < 1.29 is 0 Å². The maximum Gasteiger partial charge on any atom is 0.187 e. The first-order chi connectivity index (χ1) is 16.1. The largest absolute Gasteiger partial charge is 0.354 e. The summed E-state index contributed by atoms with van der Waals surface area (Å²) in [7, 11) is 3.92. The number of aromatic nitrogens is 4. The fourth-order valence-corrected chi connectivity index (χ4v) is 4.77. The lowest BCUT2D eigenvalue weighted by Crippen LogP contribution is -2.43. The minimum Gasteiger partial charge on any atom is -0.354 e. The van der Waals surface area contributed by atoms with Gasteiger partial charge >= 0.3 is 0 Å². The van der Waals surface area contributed by atoms with E-state index in [0.29, 0.717) is 12.5 Å². The van der Waals surface area contributed by atoms with Crippen molar-refractivity contribution in [1.82, 2.24) is 25.1 Å². The number of fused-ring (bicyclic) bond motifs is 1. The number of thioether (sulfide) groups is 1. The van der Waals surface area contributed by atoms with Crippen LogP contribution in [0, 0.1) is 5.41 Å². The van der Waals surface area contributed by atoms with Gasteiger partial charge in [-0.05, 0) is 32.2 Å². The summed E-state index contributed by atoms with van der Waals surface area (Å²) in [5.41, 5.74) is 2.62. The van der Waals surface area contributed by atoms with Gasteiger partial charge in [0, 0.05) is 62.3 Å². The van der Waals surface area contributed by atoms with Gasteiger partial charge in [-0.25, -0.2) is 9.97 Å². The quantitative estimate of drug-likeness (QED) is 0.310. The van der Waals surface area contributed by atoms with Gasteiger partial charge in [-0.1, -0.05) is 36.0 Å². The van der Waals surface area contributed by atoms with Gasteiger partial charge in [0.1, 0.15) is 5.69 Å². The van der Waals surface area contributed by atoms with Crippen LogP contribution in [0.25, 0.3) is 10.8 Å². The number of piperidine rings is 1. The molecule has 1 aliphatic rings. The molecular weight excluding hydrogens is 432 g/mol. The topological polar surface area (TPSA) is 94.2 Å². The molecule has 3 heterocycles. The molecule has 1 aromatic carbocycles. The van der Waals surface area contributed by atoms with Crippen LogP contribution >= 0.6 is 11.8 Å². The molecule has 33 heavy (non-hydrogen) atoms. The Labute approximate surface area is 199 Å². The number of nitrogens with one attached hydrogen (secondary N) is 1. The van der Waals surface area contributed by atoms with Gasteiger partial charge in [0.05, 0.1) is 11.4 Å². The summed E-state index contributed by atoms with van der Waals surface area (Å²) in [5.74, 6) is 0.932. The van der Waals surface area contributed by atoms with E-state index in [1.807, 2.05) is 30.7 Å². The molecule has 1 N–H and O–H groups in total. The number of benzene rings is 1. The van der Waals surface area contributed by atoms with Crippen LogP contribution in [-0.2, 0) is 6.54 Å². The number of nitrogens with zero attached hydrogens (tertiary/aromatic N) is 7. The Morgan fingerprint density at radius 2 is 1.97 bits per heavy atom. The molecule has 0 spiro atoms. The third-order valence-electron chi connectivity index (χ3n) is 6.18. The molecule has 172 valence electrons. The molecule has 0 bridgehead atoms. The molecule has 1 fully saturated rings. The van der Waals surface area contributed by atoms with Crippen molar-refractivity contribution in [2.75, 3.05) is 38.3 Å². The van der Waals surface area contributed by atoms with Gasteiger partial charge in [-0.15, -0.1) is 10.2 Å². The molecule has 2 aromatic heterocycles. The second-order valence-corrected chi connectivity index (χ2v) is 8.94. The Morgan fingerprint density at radius 3 is 2.67 bits per heavy atom. The molecule has 0 amide bonds. The summed E-state index contributed by atoms with van der Waals surface area (Å²) in [4.78, 5) is 18.0. The molecule has 0 saturated carbocycles. The maximum absolute atomic E-state index is 7.47. The van der Waals surface area contributed by atoms with Crippen molar-refractivity contribution in [3.63, 3.8) is 0 Å². The predicted octanol–water partition coefficient (Wildman–Crippen LogP) is 3.70. The highest BCUT2D eigenvalue weighted by molar-refractivity contribution is 7.98. The van der Waals surface area contributed by atoms with E-state index in [1.165, 1.54) is 6.21 Å². The van der Waals surface area contributed by atoms with E-state index in [4.69, 9.17) is 5.41 Å². The minimum atomic E-state index is 0.455. The van der Waals surface area contributed by atoms with Crippen LogP contribution in [0.2, 0.25) is 0 Å². The third-order valence-corrected chi connectivity index (χ3v) is 6.74. The number of anilines is 1. The summed E-state index contributed by atoms with van der Waals surface area (Å²) in [6.07, 6.45) is 7.78. The van der Waals surface area contributed by atoms with Crippen LogP contribution in [0.4, 0.5) is 5.82 Å². The highest BCUT2D eigenvalue weighted by Gasteiger charge is 2.25. The maximum atomic E-state index is 7.47. The van der Waals surface area contributed by atoms with Crippen LogP contribution in [0.3, 0.4) is 0 Å². The summed E-state index contributed by atoms with van der Waals surface area (Å²) < 4.78 is 0. The van der Waals surface area contributed by atoms with E-state index in [9.17, 15) is 0 Å². The summed E-state index contributed by atoms with van der Waals surface area (Å²) in [5, 5.41) is 19.6. The van der Waals surface area contributed by atoms with Gasteiger partial charge in [0.2, 0.25) is 0 Å². The van der Waals surface area contributed by atoms with E-state index in [-0.39, 0.29) is 0 Å². The second kappa shape index (κ2) is 10.8. The SMILES string of the molecule is CN=C(CC=N)c1nnc(N2CCC(N(C)Cc3ccnc(SC)n3)CC2)c2ccccc12. The first-order valence-corrected chi connectivity index (χ1v) is 12.4. The smallest absolute Gasteiger partial charge is 0.187 e. The Kier molecular flexibility index (Phi) is 7.61. The molecule has 4 rings (SSSR count). The number of hydrogen-bond acceptors (Lipinski definition) is 9. The minimum absolute atomic E-state index is 0.455. The van der Waals surface area contributed by atoms with Crippen molar-refractivity contribution in [3.05, 3.63) is 47.9 Å². The van der Waals surface area contributed by atoms with E-state index in [0.717, 1.165) is 71.3 Å². The van der Waals surface area contributed by atoms with Crippen molar-refractivity contribution >= 4 is 40.3 Å². The molecule has 1 aliphatic heterocycles. The first kappa shape index (κ1) is 23.3. The normalized spacial score (nSPS) is 15.4. The number of rotatable bonds is 8. The lowest BCUT2D eigenvalue weighted by atomic mass is 10.0. The second-order valence-electron chi connectivity index (χ2n) is 8.16. The van der Waals surface area contributed by atoms with Crippen molar-refractivity contribution in [2.24, 2.45) is 4.99 Å². The zero-order valence-corrected chi connectivity index (χ0v) is 20.2. The number of aliphatic imine (C=N–C) groups is 1. The lowest BCUT2D eigenvalue weighted by Gasteiger charge is -2.37. The monoisotopic (exact) mass is 462 g/mol. The molecule has 3 aromatic rings. The van der Waals surface area contributed by atoms with Crippen molar-refractivity contribution in [3.8, 4) is 0 Å². The van der Waals surface area contributed by atoms with Gasteiger partial charge in [0.15, 0.2) is 11.0 Å². The Morgan fingerprint density at radius 1 is 1.21 bits per heavy atom. The van der Waals surface area contributed by atoms with Gasteiger partial charge < -0.3 is 10.3 Å². The van der Waals surface area contributed by atoms with E-state index >= 15 is 0 Å². The van der Waals surface area contributed by atoms with Crippen LogP contribution in [0.15, 0.2) is 46.7 Å². The zero-order chi connectivity index (χ0) is 23.2. The Balaban J connectivity index is 1.48. The molecule has 1 saturated heterocycles. The van der Waals surface area contributed by atoms with Crippen LogP contribution in [0.5, 0.6) is 0 Å². The lowest BCUT2D eigenvalue weighted by molar-refractivity contribution is 0.197. The molecule has 8 nitrogen and oxygen atoms in total. The van der Waals surface area contributed by atoms with Crippen LogP contribution in [-0.4, -0.2) is 76.5 Å². The van der Waals surface area contributed by atoms with Crippen LogP contribution in [0.1, 0.15) is 30.7 Å². The van der Waals surface area contributed by atoms with Gasteiger partial charge in [-0.3, -0.25) is 9.89 Å². The van der Waals surface area contributed by atoms with E-state index < -0.39 is 0 Å². The van der Waals surface area contributed by atoms with Crippen molar-refractivity contribution in [1.29, 1.82) is 5.41 Å². The summed E-state index contributed by atoms with van der Waals surface area (Å²) in [6.45, 7) is 2.69. The predicted molar refractivity (Wildman–Crippen MR) is 136 cm³/mol. The van der Waals surface area contributed by atoms with Gasteiger partial charge in [-0.2, -0.15) is 0 Å². The van der Waals surface area contributed by atoms with Crippen molar-refractivity contribution in [2.45, 2.75) is 37.0 Å².